The molecule has 0 bridgehead atoms. The van der Waals surface area contributed by atoms with E-state index in [-0.39, 0.29) is 0 Å². The van der Waals surface area contributed by atoms with E-state index < -0.39 is 0 Å². The van der Waals surface area contributed by atoms with Gasteiger partial charge in [-0.25, -0.2) is 0 Å². The van der Waals surface area contributed by atoms with Crippen LogP contribution >= 0.6 is 0 Å². The molecule has 1 aliphatic heterocycles. The molecule has 1 aromatic carbocycles. The Hall–Kier alpha value is -1.85. The number of nitrogens with zero attached hydrogens (tertiary/aromatic N) is 4. The van der Waals surface area contributed by atoms with Gasteiger partial charge in [0.1, 0.15) is 5.75 Å². The second kappa shape index (κ2) is 11.2. The average molecular weight is 385 g/mol. The molecule has 1 fully saturated rings. The number of aryl methyl sites for hydroxylation is 1. The second-order valence-corrected chi connectivity index (χ2v) is 7.93. The lowest BCUT2D eigenvalue weighted by molar-refractivity contribution is 0.134. The Labute approximate surface area is 170 Å². The quantitative estimate of drug-likeness (QED) is 0.593. The topological polar surface area (TPSA) is 33.5 Å². The van der Waals surface area contributed by atoms with Crippen LogP contribution in [0.3, 0.4) is 0 Å². The van der Waals surface area contributed by atoms with E-state index in [1.165, 1.54) is 44.5 Å². The zero-order valence-corrected chi connectivity index (χ0v) is 17.6. The van der Waals surface area contributed by atoms with Crippen LogP contribution in [0.25, 0.3) is 0 Å². The van der Waals surface area contributed by atoms with Crippen molar-refractivity contribution in [3.63, 3.8) is 0 Å². The number of benzene rings is 1. The van der Waals surface area contributed by atoms with E-state index in [2.05, 4.69) is 46.2 Å². The van der Waals surface area contributed by atoms with Crippen molar-refractivity contribution in [1.82, 2.24) is 19.6 Å². The van der Waals surface area contributed by atoms with Crippen molar-refractivity contribution in [1.29, 1.82) is 0 Å². The maximum atomic E-state index is 5.35. The first-order valence-electron chi connectivity index (χ1n) is 10.8. The molecule has 0 radical (unpaired) electrons. The van der Waals surface area contributed by atoms with E-state index in [1.807, 2.05) is 23.0 Å². The maximum absolute atomic E-state index is 5.35. The number of aromatic nitrogens is 2. The number of methoxy groups -OCH3 is 1. The minimum atomic E-state index is 0.795. The normalized spacial score (nSPS) is 17.9. The van der Waals surface area contributed by atoms with Gasteiger partial charge in [-0.1, -0.05) is 19.1 Å². The minimum Gasteiger partial charge on any atom is -0.497 e. The second-order valence-electron chi connectivity index (χ2n) is 7.93. The largest absolute Gasteiger partial charge is 0.497 e. The van der Waals surface area contributed by atoms with Gasteiger partial charge in [0.05, 0.1) is 7.11 Å². The fourth-order valence-electron chi connectivity index (χ4n) is 4.25. The molecule has 5 heteroatoms. The van der Waals surface area contributed by atoms with E-state index in [9.17, 15) is 0 Å². The molecule has 0 aliphatic carbocycles. The van der Waals surface area contributed by atoms with E-state index in [1.54, 1.807) is 7.11 Å². The summed E-state index contributed by atoms with van der Waals surface area (Å²) in [7, 11) is 1.74. The fourth-order valence-corrected chi connectivity index (χ4v) is 4.25. The summed E-state index contributed by atoms with van der Waals surface area (Å²) in [6.07, 6.45) is 8.88. The summed E-state index contributed by atoms with van der Waals surface area (Å²) < 4.78 is 7.39. The van der Waals surface area contributed by atoms with Crippen LogP contribution in [0, 0.1) is 5.92 Å². The third-order valence-electron chi connectivity index (χ3n) is 5.84. The number of rotatable bonds is 11. The minimum absolute atomic E-state index is 0.795. The molecule has 28 heavy (non-hydrogen) atoms. The van der Waals surface area contributed by atoms with Crippen molar-refractivity contribution < 1.29 is 4.74 Å². The van der Waals surface area contributed by atoms with E-state index in [0.29, 0.717) is 0 Å². The van der Waals surface area contributed by atoms with Gasteiger partial charge < -0.3 is 14.5 Å². The smallest absolute Gasteiger partial charge is 0.119 e. The molecule has 0 N–H and O–H groups in total. The lowest BCUT2D eigenvalue weighted by atomic mass is 9.96. The first-order valence-corrected chi connectivity index (χ1v) is 10.8. The van der Waals surface area contributed by atoms with Crippen LogP contribution in [-0.2, 0) is 13.0 Å². The Kier molecular flexibility index (Phi) is 8.37. The van der Waals surface area contributed by atoms with Crippen molar-refractivity contribution in [2.24, 2.45) is 5.92 Å². The predicted octanol–water partition coefficient (Wildman–Crippen LogP) is 3.56. The molecular weight excluding hydrogens is 348 g/mol. The molecule has 1 aliphatic rings. The van der Waals surface area contributed by atoms with Gasteiger partial charge in [0.25, 0.3) is 0 Å². The number of hydrogen-bond donors (Lipinski definition) is 0. The molecule has 1 saturated heterocycles. The molecule has 0 saturated carbocycles. The van der Waals surface area contributed by atoms with Gasteiger partial charge in [-0.05, 0) is 75.0 Å². The Morgan fingerprint density at radius 2 is 2.18 bits per heavy atom. The van der Waals surface area contributed by atoms with Crippen LogP contribution in [0.15, 0.2) is 42.7 Å². The molecule has 2 aromatic rings. The highest BCUT2D eigenvalue weighted by atomic mass is 16.5. The molecule has 5 nitrogen and oxygen atoms in total. The average Bonchev–Trinajstić information content (AvgIpc) is 3.25. The van der Waals surface area contributed by atoms with Crippen LogP contribution in [0.1, 0.15) is 31.7 Å². The van der Waals surface area contributed by atoms with E-state index >= 15 is 0 Å². The van der Waals surface area contributed by atoms with Gasteiger partial charge in [0.15, 0.2) is 0 Å². The van der Waals surface area contributed by atoms with Crippen LogP contribution in [-0.4, -0.2) is 66.0 Å². The van der Waals surface area contributed by atoms with Gasteiger partial charge in [0, 0.05) is 38.6 Å². The van der Waals surface area contributed by atoms with E-state index in [4.69, 9.17) is 4.74 Å². The Morgan fingerprint density at radius 3 is 2.96 bits per heavy atom. The molecule has 0 amide bonds. The molecular formula is C23H36N4O. The lowest BCUT2D eigenvalue weighted by Crippen LogP contribution is -2.42. The van der Waals surface area contributed by atoms with Crippen LogP contribution in [0.2, 0.25) is 0 Å². The van der Waals surface area contributed by atoms with Crippen LogP contribution in [0.5, 0.6) is 5.75 Å². The standard InChI is InChI=1S/C23H36N4O/c1-3-25(14-7-16-27-15-6-12-24-27)19-22-9-5-13-26(20-22)17-11-21-8-4-10-23(18-21)28-2/h4,6,8,10,12,15,18,22H,3,5,7,9,11,13-14,16-17,19-20H2,1-2H3/t22-/m0/s1. The predicted molar refractivity (Wildman–Crippen MR) is 115 cm³/mol. The molecule has 3 rings (SSSR count). The summed E-state index contributed by atoms with van der Waals surface area (Å²) in [5.41, 5.74) is 1.37. The number of likely N-dealkylation sites (tertiary alicyclic amines) is 1. The number of hydrogen-bond acceptors (Lipinski definition) is 4. The number of piperidine rings is 1. The first kappa shape index (κ1) is 20.9. The summed E-state index contributed by atoms with van der Waals surface area (Å²) in [4.78, 5) is 5.28. The van der Waals surface area contributed by atoms with Crippen molar-refractivity contribution in [3.8, 4) is 5.75 Å². The van der Waals surface area contributed by atoms with Crippen molar-refractivity contribution in [3.05, 3.63) is 48.3 Å². The van der Waals surface area contributed by atoms with Crippen LogP contribution in [0.4, 0.5) is 0 Å². The van der Waals surface area contributed by atoms with Gasteiger partial charge in [-0.3, -0.25) is 4.68 Å². The molecule has 1 atom stereocenters. The lowest BCUT2D eigenvalue weighted by Gasteiger charge is -2.35. The first-order chi connectivity index (χ1) is 13.8. The third kappa shape index (κ3) is 6.64. The highest BCUT2D eigenvalue weighted by Crippen LogP contribution is 2.19. The third-order valence-corrected chi connectivity index (χ3v) is 5.84. The SMILES string of the molecule is CCN(CCCn1cccn1)C[C@@H]1CCCN(CCc2cccc(OC)c2)C1. The van der Waals surface area contributed by atoms with Crippen molar-refractivity contribution >= 4 is 0 Å². The Morgan fingerprint density at radius 1 is 1.25 bits per heavy atom. The highest BCUT2D eigenvalue weighted by molar-refractivity contribution is 5.28. The van der Waals surface area contributed by atoms with Gasteiger partial charge in [-0.15, -0.1) is 0 Å². The molecule has 154 valence electrons. The Balaban J connectivity index is 1.40. The van der Waals surface area contributed by atoms with Crippen molar-refractivity contribution in [2.45, 2.75) is 39.2 Å². The van der Waals surface area contributed by atoms with Crippen LogP contribution < -0.4 is 4.74 Å². The van der Waals surface area contributed by atoms with Gasteiger partial charge in [-0.2, -0.15) is 5.10 Å². The summed E-state index contributed by atoms with van der Waals surface area (Å²) in [6.45, 7) is 10.5. The van der Waals surface area contributed by atoms with Gasteiger partial charge in [0.2, 0.25) is 0 Å². The monoisotopic (exact) mass is 384 g/mol. The number of ether oxygens (including phenoxy) is 1. The highest BCUT2D eigenvalue weighted by Gasteiger charge is 2.21. The maximum Gasteiger partial charge on any atom is 0.119 e. The van der Waals surface area contributed by atoms with E-state index in [0.717, 1.165) is 44.3 Å². The molecule has 1 aromatic heterocycles. The summed E-state index contributed by atoms with van der Waals surface area (Å²) in [5, 5.41) is 4.30. The summed E-state index contributed by atoms with van der Waals surface area (Å²) in [6, 6.07) is 10.5. The Bertz CT molecular complexity index is 673. The van der Waals surface area contributed by atoms with Gasteiger partial charge >= 0.3 is 0 Å². The summed E-state index contributed by atoms with van der Waals surface area (Å²) in [5.74, 6) is 1.76. The fraction of sp³-hybridized carbons (Fsp3) is 0.609. The molecule has 0 spiro atoms. The summed E-state index contributed by atoms with van der Waals surface area (Å²) >= 11 is 0. The zero-order chi connectivity index (χ0) is 19.6. The zero-order valence-electron chi connectivity index (χ0n) is 17.6. The molecule has 0 unspecified atom stereocenters. The van der Waals surface area contributed by atoms with Crippen molar-refractivity contribution in [2.75, 3.05) is 46.4 Å². The molecule has 2 heterocycles.